The van der Waals surface area contributed by atoms with E-state index in [1.165, 1.54) is 70.6 Å². The first-order chi connectivity index (χ1) is 18.9. The average molecular weight is 573 g/mol. The third-order valence-corrected chi connectivity index (χ3v) is 8.10. The minimum atomic E-state index is -0.659. The van der Waals surface area contributed by atoms with Crippen molar-refractivity contribution in [1.29, 1.82) is 0 Å². The summed E-state index contributed by atoms with van der Waals surface area (Å²) in [7, 11) is 0. The molecule has 1 aliphatic heterocycles. The highest BCUT2D eigenvalue weighted by atomic mass is 35.5. The van der Waals surface area contributed by atoms with Crippen LogP contribution in [0, 0.1) is 0 Å². The van der Waals surface area contributed by atoms with E-state index in [-0.39, 0.29) is 11.3 Å². The van der Waals surface area contributed by atoms with E-state index in [1.54, 1.807) is 41.3 Å². The Bertz CT molecular complexity index is 1080. The lowest BCUT2D eigenvalue weighted by Crippen LogP contribution is -2.30. The van der Waals surface area contributed by atoms with Crippen LogP contribution in [0.1, 0.15) is 114 Å². The van der Waals surface area contributed by atoms with Crippen molar-refractivity contribution in [2.75, 3.05) is 6.54 Å². The van der Waals surface area contributed by atoms with E-state index in [2.05, 4.69) is 6.92 Å². The van der Waals surface area contributed by atoms with Gasteiger partial charge in [-0.15, -0.1) is 0 Å². The van der Waals surface area contributed by atoms with Gasteiger partial charge >= 0.3 is 0 Å². The quantitative estimate of drug-likeness (QED) is 0.0888. The summed E-state index contributed by atoms with van der Waals surface area (Å²) < 4.78 is 0. The van der Waals surface area contributed by atoms with Gasteiger partial charge < -0.3 is 10.0 Å². The van der Waals surface area contributed by atoms with E-state index >= 15 is 0 Å². The lowest BCUT2D eigenvalue weighted by atomic mass is 9.95. The summed E-state index contributed by atoms with van der Waals surface area (Å²) in [6.07, 6.45) is 17.6. The van der Waals surface area contributed by atoms with Gasteiger partial charge in [-0.3, -0.25) is 9.59 Å². The van der Waals surface area contributed by atoms with E-state index in [1.807, 2.05) is 12.1 Å². The summed E-state index contributed by atoms with van der Waals surface area (Å²) in [5.74, 6) is -1.42. The molecule has 1 heterocycles. The SMILES string of the molecule is CCCCCCCCCCCCCCCCN1C(=O)C(=O)/C(=C(/O)c2ccc(Cl)cc2)[C@@H]1c1ccc(Cl)cc1. The smallest absolute Gasteiger partial charge is 0.295 e. The number of ketones is 1. The molecule has 2 aromatic carbocycles. The van der Waals surface area contributed by atoms with Crippen LogP contribution in [-0.4, -0.2) is 28.2 Å². The van der Waals surface area contributed by atoms with Crippen molar-refractivity contribution in [1.82, 2.24) is 4.90 Å². The molecule has 1 fully saturated rings. The van der Waals surface area contributed by atoms with Gasteiger partial charge in [-0.1, -0.05) is 126 Å². The van der Waals surface area contributed by atoms with Crippen LogP contribution in [0.2, 0.25) is 10.0 Å². The van der Waals surface area contributed by atoms with Gasteiger partial charge in [0.25, 0.3) is 11.7 Å². The average Bonchev–Trinajstić information content (AvgIpc) is 3.18. The predicted molar refractivity (Wildman–Crippen MR) is 162 cm³/mol. The number of aliphatic hydroxyl groups excluding tert-OH is 1. The van der Waals surface area contributed by atoms with E-state index in [4.69, 9.17) is 23.2 Å². The van der Waals surface area contributed by atoms with E-state index in [0.29, 0.717) is 22.2 Å². The van der Waals surface area contributed by atoms with Crippen LogP contribution >= 0.6 is 23.2 Å². The summed E-state index contributed by atoms with van der Waals surface area (Å²) in [5, 5.41) is 12.2. The Labute approximate surface area is 244 Å². The zero-order valence-corrected chi connectivity index (χ0v) is 24.8. The van der Waals surface area contributed by atoms with Crippen LogP contribution in [0.3, 0.4) is 0 Å². The number of nitrogens with zero attached hydrogens (tertiary/aromatic N) is 1. The number of halogens is 2. The molecule has 39 heavy (non-hydrogen) atoms. The lowest BCUT2D eigenvalue weighted by molar-refractivity contribution is -0.139. The molecule has 0 aromatic heterocycles. The van der Waals surface area contributed by atoms with Gasteiger partial charge in [0.15, 0.2) is 0 Å². The van der Waals surface area contributed by atoms with E-state index < -0.39 is 17.7 Å². The van der Waals surface area contributed by atoms with Crippen LogP contribution in [0.5, 0.6) is 0 Å². The molecule has 1 N–H and O–H groups in total. The Morgan fingerprint density at radius 2 is 1.13 bits per heavy atom. The number of Topliss-reactive ketones (excluding diaryl/α,β-unsaturated/α-hetero) is 1. The number of unbranched alkanes of at least 4 members (excludes halogenated alkanes) is 13. The molecule has 0 bridgehead atoms. The highest BCUT2D eigenvalue weighted by molar-refractivity contribution is 6.46. The molecule has 3 rings (SSSR count). The summed E-state index contributed by atoms with van der Waals surface area (Å²) in [4.78, 5) is 27.8. The van der Waals surface area contributed by atoms with Gasteiger partial charge in [-0.05, 0) is 48.4 Å². The largest absolute Gasteiger partial charge is 0.507 e. The van der Waals surface area contributed by atoms with Crippen LogP contribution < -0.4 is 0 Å². The monoisotopic (exact) mass is 571 g/mol. The molecule has 4 nitrogen and oxygen atoms in total. The van der Waals surface area contributed by atoms with Gasteiger partial charge in [0.2, 0.25) is 0 Å². The molecule has 212 valence electrons. The van der Waals surface area contributed by atoms with Gasteiger partial charge in [0, 0.05) is 22.2 Å². The summed E-state index contributed by atoms with van der Waals surface area (Å²) >= 11 is 12.1. The van der Waals surface area contributed by atoms with Crippen LogP contribution in [0.15, 0.2) is 54.1 Å². The van der Waals surface area contributed by atoms with Crippen molar-refractivity contribution in [2.24, 2.45) is 0 Å². The second-order valence-corrected chi connectivity index (χ2v) is 11.5. The number of aliphatic hydroxyl groups is 1. The molecule has 1 amide bonds. The molecule has 1 atom stereocenters. The number of rotatable bonds is 17. The molecular formula is C33H43Cl2NO3. The fourth-order valence-corrected chi connectivity index (χ4v) is 5.59. The van der Waals surface area contributed by atoms with Crippen molar-refractivity contribution in [3.63, 3.8) is 0 Å². The van der Waals surface area contributed by atoms with Gasteiger partial charge in [-0.2, -0.15) is 0 Å². The third kappa shape index (κ3) is 9.39. The van der Waals surface area contributed by atoms with Crippen molar-refractivity contribution in [3.05, 3.63) is 75.3 Å². The number of carbonyl (C=O) groups is 2. The van der Waals surface area contributed by atoms with E-state index in [9.17, 15) is 14.7 Å². The highest BCUT2D eigenvalue weighted by Crippen LogP contribution is 2.40. The molecule has 0 saturated carbocycles. The van der Waals surface area contributed by atoms with Gasteiger partial charge in [0.05, 0.1) is 11.6 Å². The summed E-state index contributed by atoms with van der Waals surface area (Å²) in [5.41, 5.74) is 1.31. The molecule has 2 aromatic rings. The molecule has 6 heteroatoms. The second kappa shape index (κ2) is 16.7. The standard InChI is InChI=1S/C33H43Cl2NO3/c1-2-3-4-5-6-7-8-9-10-11-12-13-14-15-24-36-30(25-16-20-27(34)21-17-25)29(32(38)33(36)39)31(37)26-18-22-28(35)23-19-26/h16-23,30,37H,2-15,24H2,1H3/b31-29+/t30-/m0/s1. The zero-order valence-electron chi connectivity index (χ0n) is 23.3. The van der Waals surface area contributed by atoms with Crippen molar-refractivity contribution >= 4 is 40.7 Å². The second-order valence-electron chi connectivity index (χ2n) is 10.6. The Morgan fingerprint density at radius 3 is 1.62 bits per heavy atom. The maximum absolute atomic E-state index is 13.1. The van der Waals surface area contributed by atoms with Gasteiger partial charge in [0.1, 0.15) is 5.76 Å². The Hall–Kier alpha value is -2.30. The number of amides is 1. The fourth-order valence-electron chi connectivity index (χ4n) is 5.34. The molecule has 0 spiro atoms. The molecule has 1 aliphatic rings. The van der Waals surface area contributed by atoms with Crippen molar-refractivity contribution in [3.8, 4) is 0 Å². The molecule has 0 radical (unpaired) electrons. The molecule has 0 aliphatic carbocycles. The number of likely N-dealkylation sites (tertiary alicyclic amines) is 1. The molecular weight excluding hydrogens is 529 g/mol. The summed E-state index contributed by atoms with van der Waals surface area (Å²) in [6, 6.07) is 13.1. The number of benzene rings is 2. The zero-order chi connectivity index (χ0) is 28.0. The molecule has 1 saturated heterocycles. The Morgan fingerprint density at radius 1 is 0.692 bits per heavy atom. The first kappa shape index (κ1) is 31.2. The lowest BCUT2D eigenvalue weighted by Gasteiger charge is -2.25. The number of hydrogen-bond donors (Lipinski definition) is 1. The van der Waals surface area contributed by atoms with E-state index in [0.717, 1.165) is 24.8 Å². The van der Waals surface area contributed by atoms with Crippen molar-refractivity contribution in [2.45, 2.75) is 103 Å². The topological polar surface area (TPSA) is 57.6 Å². The Balaban J connectivity index is 1.52. The van der Waals surface area contributed by atoms with Crippen LogP contribution in [-0.2, 0) is 9.59 Å². The summed E-state index contributed by atoms with van der Waals surface area (Å²) in [6.45, 7) is 2.72. The van der Waals surface area contributed by atoms with Crippen molar-refractivity contribution < 1.29 is 14.7 Å². The highest BCUT2D eigenvalue weighted by Gasteiger charge is 2.45. The normalized spacial score (nSPS) is 16.8. The predicted octanol–water partition coefficient (Wildman–Crippen LogP) is 9.90. The third-order valence-electron chi connectivity index (χ3n) is 7.60. The first-order valence-electron chi connectivity index (χ1n) is 14.7. The molecule has 0 unspecified atom stereocenters. The number of hydrogen-bond acceptors (Lipinski definition) is 3. The van der Waals surface area contributed by atoms with Crippen LogP contribution in [0.25, 0.3) is 5.76 Å². The fraction of sp³-hybridized carbons (Fsp3) is 0.515. The maximum Gasteiger partial charge on any atom is 0.295 e. The minimum Gasteiger partial charge on any atom is -0.507 e. The number of carbonyl (C=O) groups excluding carboxylic acids is 2. The Kier molecular flexibility index (Phi) is 13.4. The minimum absolute atomic E-state index is 0.106. The van der Waals surface area contributed by atoms with Crippen LogP contribution in [0.4, 0.5) is 0 Å². The van der Waals surface area contributed by atoms with Gasteiger partial charge in [-0.25, -0.2) is 0 Å². The first-order valence-corrected chi connectivity index (χ1v) is 15.5. The maximum atomic E-state index is 13.1.